The first-order chi connectivity index (χ1) is 15.9. The lowest BCUT2D eigenvalue weighted by atomic mass is 9.88. The highest BCUT2D eigenvalue weighted by Crippen LogP contribution is 2.38. The Kier molecular flexibility index (Phi) is 5.37. The molecule has 1 N–H and O–H groups in total. The van der Waals surface area contributed by atoms with Gasteiger partial charge >= 0.3 is 6.03 Å². The maximum absolute atomic E-state index is 13.5. The number of hydrogen-bond acceptors (Lipinski definition) is 4. The zero-order valence-electron chi connectivity index (χ0n) is 18.6. The van der Waals surface area contributed by atoms with Crippen LogP contribution in [0.5, 0.6) is 0 Å². The van der Waals surface area contributed by atoms with Crippen molar-refractivity contribution in [1.82, 2.24) is 10.2 Å². The van der Waals surface area contributed by atoms with Gasteiger partial charge in [-0.2, -0.15) is 0 Å². The van der Waals surface area contributed by atoms with Crippen LogP contribution in [-0.4, -0.2) is 41.1 Å². The molecule has 2 aliphatic heterocycles. The molecule has 4 amide bonds. The first kappa shape index (κ1) is 21.5. The van der Waals surface area contributed by atoms with Crippen molar-refractivity contribution in [2.75, 3.05) is 18.0 Å². The SMILES string of the molecule is C[C@H]1CCN(C(=O)CN2C(=O)N[C@@](C)(c3cccc4ccccc34)C2=O)c2ccccc2S1. The second kappa shape index (κ2) is 8.23. The van der Waals surface area contributed by atoms with Gasteiger partial charge in [0.2, 0.25) is 5.91 Å². The second-order valence-electron chi connectivity index (χ2n) is 8.70. The molecule has 0 aliphatic carbocycles. The second-order valence-corrected chi connectivity index (χ2v) is 10.2. The Bertz CT molecular complexity index is 1270. The lowest BCUT2D eigenvalue weighted by Gasteiger charge is -2.26. The number of carbonyl (C=O) groups excluding carboxylic acids is 3. The quantitative estimate of drug-likeness (QED) is 0.585. The van der Waals surface area contributed by atoms with Gasteiger partial charge in [0.1, 0.15) is 12.1 Å². The van der Waals surface area contributed by atoms with Crippen LogP contribution in [0.1, 0.15) is 25.8 Å². The maximum atomic E-state index is 13.5. The van der Waals surface area contributed by atoms with Gasteiger partial charge < -0.3 is 10.2 Å². The molecule has 0 unspecified atom stereocenters. The number of amides is 4. The molecule has 0 bridgehead atoms. The highest BCUT2D eigenvalue weighted by atomic mass is 32.2. The van der Waals surface area contributed by atoms with E-state index in [0.29, 0.717) is 11.8 Å². The number of thioether (sulfide) groups is 1. The molecule has 1 saturated heterocycles. The van der Waals surface area contributed by atoms with Crippen LogP contribution < -0.4 is 10.2 Å². The first-order valence-corrected chi connectivity index (χ1v) is 11.9. The smallest absolute Gasteiger partial charge is 0.319 e. The minimum absolute atomic E-state index is 0.261. The zero-order valence-corrected chi connectivity index (χ0v) is 19.4. The highest BCUT2D eigenvalue weighted by Gasteiger charge is 2.50. The van der Waals surface area contributed by atoms with E-state index < -0.39 is 17.5 Å². The molecule has 2 heterocycles. The predicted molar refractivity (Wildman–Crippen MR) is 130 cm³/mol. The Balaban J connectivity index is 1.44. The van der Waals surface area contributed by atoms with Crippen molar-refractivity contribution in [2.45, 2.75) is 36.0 Å². The number of rotatable bonds is 3. The molecule has 0 aromatic heterocycles. The number of hydrogen-bond donors (Lipinski definition) is 1. The number of benzene rings is 3. The Morgan fingerprint density at radius 2 is 1.79 bits per heavy atom. The maximum Gasteiger partial charge on any atom is 0.325 e. The van der Waals surface area contributed by atoms with Crippen molar-refractivity contribution in [3.8, 4) is 0 Å². The van der Waals surface area contributed by atoms with Crippen LogP contribution in [0, 0.1) is 0 Å². The molecule has 33 heavy (non-hydrogen) atoms. The summed E-state index contributed by atoms with van der Waals surface area (Å²) in [5.74, 6) is -0.675. The number of carbonyl (C=O) groups is 3. The normalized spacial score (nSPS) is 22.8. The predicted octanol–water partition coefficient (Wildman–Crippen LogP) is 4.52. The molecule has 7 heteroatoms. The zero-order chi connectivity index (χ0) is 23.2. The van der Waals surface area contributed by atoms with Gasteiger partial charge in [0, 0.05) is 16.7 Å². The van der Waals surface area contributed by atoms with Crippen molar-refractivity contribution in [1.29, 1.82) is 0 Å². The molecule has 0 spiro atoms. The van der Waals surface area contributed by atoms with Crippen LogP contribution >= 0.6 is 11.8 Å². The number of nitrogens with zero attached hydrogens (tertiary/aromatic N) is 2. The average molecular weight is 460 g/mol. The van der Waals surface area contributed by atoms with E-state index in [-0.39, 0.29) is 12.5 Å². The number of urea groups is 1. The molecule has 2 aliphatic rings. The molecule has 3 aromatic rings. The third-order valence-corrected chi connectivity index (χ3v) is 7.68. The number of fused-ring (bicyclic) bond motifs is 2. The number of imide groups is 1. The minimum Gasteiger partial charge on any atom is -0.319 e. The first-order valence-electron chi connectivity index (χ1n) is 11.1. The van der Waals surface area contributed by atoms with Gasteiger partial charge in [-0.25, -0.2) is 4.79 Å². The molecule has 6 nitrogen and oxygen atoms in total. The molecule has 2 atom stereocenters. The van der Waals surface area contributed by atoms with Gasteiger partial charge in [0.05, 0.1) is 5.69 Å². The lowest BCUT2D eigenvalue weighted by Crippen LogP contribution is -2.45. The topological polar surface area (TPSA) is 69.7 Å². The van der Waals surface area contributed by atoms with Crippen LogP contribution in [0.2, 0.25) is 0 Å². The fraction of sp³-hybridized carbons (Fsp3) is 0.269. The summed E-state index contributed by atoms with van der Waals surface area (Å²) in [5, 5.41) is 5.11. The van der Waals surface area contributed by atoms with E-state index in [9.17, 15) is 14.4 Å². The molecule has 168 valence electrons. The summed E-state index contributed by atoms with van der Waals surface area (Å²) in [4.78, 5) is 43.6. The molecule has 3 aromatic carbocycles. The number of anilines is 1. The van der Waals surface area contributed by atoms with Gasteiger partial charge in [0.15, 0.2) is 0 Å². The molecule has 0 radical (unpaired) electrons. The van der Waals surface area contributed by atoms with Gasteiger partial charge in [-0.1, -0.05) is 61.5 Å². The highest BCUT2D eigenvalue weighted by molar-refractivity contribution is 8.00. The van der Waals surface area contributed by atoms with Crippen molar-refractivity contribution in [3.63, 3.8) is 0 Å². The van der Waals surface area contributed by atoms with Crippen LogP contribution in [-0.2, 0) is 15.1 Å². The number of nitrogens with one attached hydrogen (secondary N) is 1. The summed E-state index contributed by atoms with van der Waals surface area (Å²) in [6, 6.07) is 20.7. The van der Waals surface area contributed by atoms with Crippen molar-refractivity contribution in [2.24, 2.45) is 0 Å². The molecular formula is C26H25N3O3S. The monoisotopic (exact) mass is 459 g/mol. The standard InChI is InChI=1S/C26H25N3O3S/c1-17-14-15-28(21-12-5-6-13-22(21)33-17)23(30)16-29-24(31)26(2,27-25(29)32)20-11-7-9-18-8-3-4-10-19(18)20/h3-13,17H,14-16H2,1-2H3,(H,27,32)/t17-,26-/m0/s1. The van der Waals surface area contributed by atoms with E-state index in [4.69, 9.17) is 0 Å². The largest absolute Gasteiger partial charge is 0.325 e. The Hall–Kier alpha value is -3.32. The van der Waals surface area contributed by atoms with E-state index in [2.05, 4.69) is 12.2 Å². The van der Waals surface area contributed by atoms with Crippen LogP contribution in [0.25, 0.3) is 10.8 Å². The third-order valence-electron chi connectivity index (χ3n) is 6.44. The van der Waals surface area contributed by atoms with Gasteiger partial charge in [-0.05, 0) is 41.8 Å². The fourth-order valence-electron chi connectivity index (χ4n) is 4.65. The number of para-hydroxylation sites is 1. The van der Waals surface area contributed by atoms with E-state index in [1.165, 1.54) is 0 Å². The van der Waals surface area contributed by atoms with E-state index in [1.807, 2.05) is 66.7 Å². The fourth-order valence-corrected chi connectivity index (χ4v) is 5.76. The average Bonchev–Trinajstić information content (AvgIpc) is 2.94. The van der Waals surface area contributed by atoms with Gasteiger partial charge in [-0.15, -0.1) is 11.8 Å². The Morgan fingerprint density at radius 3 is 2.64 bits per heavy atom. The Labute approximate surface area is 196 Å². The van der Waals surface area contributed by atoms with Gasteiger partial charge in [0.25, 0.3) is 5.91 Å². The summed E-state index contributed by atoms with van der Waals surface area (Å²) in [7, 11) is 0. The van der Waals surface area contributed by atoms with E-state index in [0.717, 1.165) is 38.2 Å². The van der Waals surface area contributed by atoms with Crippen molar-refractivity contribution >= 4 is 46.1 Å². The molecule has 0 saturated carbocycles. The molecule has 1 fully saturated rings. The van der Waals surface area contributed by atoms with E-state index >= 15 is 0 Å². The van der Waals surface area contributed by atoms with Crippen LogP contribution in [0.15, 0.2) is 71.6 Å². The summed E-state index contributed by atoms with van der Waals surface area (Å²) < 4.78 is 0. The van der Waals surface area contributed by atoms with E-state index in [1.54, 1.807) is 23.6 Å². The molecule has 5 rings (SSSR count). The van der Waals surface area contributed by atoms with Crippen LogP contribution in [0.3, 0.4) is 0 Å². The van der Waals surface area contributed by atoms with Crippen LogP contribution in [0.4, 0.5) is 10.5 Å². The molecular weight excluding hydrogens is 434 g/mol. The summed E-state index contributed by atoms with van der Waals surface area (Å²) in [6.45, 7) is 4.11. The van der Waals surface area contributed by atoms with Crippen molar-refractivity contribution in [3.05, 3.63) is 72.3 Å². The summed E-state index contributed by atoms with van der Waals surface area (Å²) >= 11 is 1.74. The summed E-state index contributed by atoms with van der Waals surface area (Å²) in [6.07, 6.45) is 0.832. The Morgan fingerprint density at radius 1 is 1.06 bits per heavy atom. The van der Waals surface area contributed by atoms with Crippen molar-refractivity contribution < 1.29 is 14.4 Å². The third kappa shape index (κ3) is 3.66. The minimum atomic E-state index is -1.24. The lowest BCUT2D eigenvalue weighted by molar-refractivity contribution is -0.134. The summed E-state index contributed by atoms with van der Waals surface area (Å²) in [5.41, 5.74) is 0.319. The van der Waals surface area contributed by atoms with Gasteiger partial charge in [-0.3, -0.25) is 14.5 Å².